The van der Waals surface area contributed by atoms with E-state index in [0.29, 0.717) is 49.0 Å². The summed E-state index contributed by atoms with van der Waals surface area (Å²) >= 11 is 0. The fourth-order valence-corrected chi connectivity index (χ4v) is 5.68. The van der Waals surface area contributed by atoms with Crippen molar-refractivity contribution in [2.24, 2.45) is 0 Å². The Morgan fingerprint density at radius 3 is 2.31 bits per heavy atom. The van der Waals surface area contributed by atoms with Crippen molar-refractivity contribution in [3.63, 3.8) is 0 Å². The summed E-state index contributed by atoms with van der Waals surface area (Å²) in [5.41, 5.74) is 11.0. The number of halogens is 1. The van der Waals surface area contributed by atoms with Gasteiger partial charge in [0.05, 0.1) is 12.7 Å². The third-order valence-electron chi connectivity index (χ3n) is 8.09. The van der Waals surface area contributed by atoms with Gasteiger partial charge in [0.25, 0.3) is 5.91 Å². The topological polar surface area (TPSA) is 127 Å². The fraction of sp³-hybridized carbons (Fsp3) is 0.278. The van der Waals surface area contributed by atoms with Gasteiger partial charge >= 0.3 is 6.09 Å². The highest BCUT2D eigenvalue weighted by Gasteiger charge is 2.26. The molecule has 3 aromatic carbocycles. The monoisotopic (exact) mass is 651 g/mol. The Labute approximate surface area is 278 Å². The summed E-state index contributed by atoms with van der Waals surface area (Å²) in [4.78, 5) is 38.5. The predicted octanol–water partition coefficient (Wildman–Crippen LogP) is 5.78. The number of nitrogen functional groups attached to an aromatic ring is 1. The summed E-state index contributed by atoms with van der Waals surface area (Å²) in [6.45, 7) is 8.43. The number of rotatable bonds is 7. The zero-order chi connectivity index (χ0) is 34.0. The van der Waals surface area contributed by atoms with Crippen LogP contribution in [0.5, 0.6) is 5.75 Å². The number of nitrogens with zero attached hydrogens (tertiary/aromatic N) is 5. The van der Waals surface area contributed by atoms with Crippen LogP contribution in [0.15, 0.2) is 79.1 Å². The van der Waals surface area contributed by atoms with Gasteiger partial charge in [0.15, 0.2) is 0 Å². The molecular formula is C36H38FN7O4. The number of methoxy groups -OCH3 is 1. The largest absolute Gasteiger partial charge is 0.496 e. The van der Waals surface area contributed by atoms with Gasteiger partial charge in [-0.15, -0.1) is 0 Å². The Balaban J connectivity index is 1.17. The summed E-state index contributed by atoms with van der Waals surface area (Å²) in [7, 11) is 1.43. The van der Waals surface area contributed by atoms with E-state index >= 15 is 0 Å². The zero-order valence-electron chi connectivity index (χ0n) is 27.4. The highest BCUT2D eigenvalue weighted by molar-refractivity contribution is 5.97. The van der Waals surface area contributed by atoms with E-state index in [1.807, 2.05) is 67.8 Å². The number of carbonyl (C=O) groups is 2. The molecule has 3 N–H and O–H groups in total. The maximum Gasteiger partial charge on any atom is 0.410 e. The lowest BCUT2D eigenvalue weighted by atomic mass is 10.1. The van der Waals surface area contributed by atoms with E-state index in [9.17, 15) is 14.0 Å². The van der Waals surface area contributed by atoms with E-state index in [-0.39, 0.29) is 18.2 Å². The Morgan fingerprint density at radius 2 is 1.65 bits per heavy atom. The molecule has 0 atom stereocenters. The Kier molecular flexibility index (Phi) is 8.90. The molecule has 0 saturated carbocycles. The van der Waals surface area contributed by atoms with E-state index in [2.05, 4.69) is 27.3 Å². The van der Waals surface area contributed by atoms with Crippen LogP contribution in [0.25, 0.3) is 28.2 Å². The van der Waals surface area contributed by atoms with Crippen LogP contribution in [0.2, 0.25) is 0 Å². The van der Waals surface area contributed by atoms with Gasteiger partial charge in [-0.2, -0.15) is 0 Å². The number of imidazole rings is 1. The highest BCUT2D eigenvalue weighted by Crippen LogP contribution is 2.33. The van der Waals surface area contributed by atoms with Crippen LogP contribution in [0.3, 0.4) is 0 Å². The molecule has 1 fully saturated rings. The van der Waals surface area contributed by atoms with Gasteiger partial charge < -0.3 is 30.3 Å². The highest BCUT2D eigenvalue weighted by atomic mass is 19.1. The molecule has 12 heteroatoms. The van der Waals surface area contributed by atoms with Crippen molar-refractivity contribution in [3.05, 3.63) is 96.1 Å². The van der Waals surface area contributed by atoms with Crippen LogP contribution in [0.1, 0.15) is 36.7 Å². The molecule has 0 unspecified atom stereocenters. The van der Waals surface area contributed by atoms with Gasteiger partial charge in [-0.05, 0) is 68.8 Å². The van der Waals surface area contributed by atoms with Gasteiger partial charge in [-0.3, -0.25) is 9.20 Å². The average molecular weight is 652 g/mol. The summed E-state index contributed by atoms with van der Waals surface area (Å²) in [6, 6.07) is 19.6. The fourth-order valence-electron chi connectivity index (χ4n) is 5.68. The van der Waals surface area contributed by atoms with E-state index in [1.54, 1.807) is 11.1 Å². The second-order valence-corrected chi connectivity index (χ2v) is 12.5. The SMILES string of the molecule is COc1ccc(F)cc1C(=O)NCc1ccc(-c2nc(-c3ccc(N4CCN(C(=O)OC(C)(C)C)CC4)cc3)n3ccnc(N)c23)cc1. The number of hydrogen-bond donors (Lipinski definition) is 2. The third-order valence-corrected chi connectivity index (χ3v) is 8.09. The number of carbonyl (C=O) groups excluding carboxylic acids is 2. The molecule has 248 valence electrons. The molecule has 3 heterocycles. The predicted molar refractivity (Wildman–Crippen MR) is 182 cm³/mol. The number of benzene rings is 3. The molecule has 0 bridgehead atoms. The summed E-state index contributed by atoms with van der Waals surface area (Å²) in [6.07, 6.45) is 3.21. The van der Waals surface area contributed by atoms with Crippen molar-refractivity contribution in [2.75, 3.05) is 43.9 Å². The number of aromatic nitrogens is 3. The van der Waals surface area contributed by atoms with E-state index in [4.69, 9.17) is 20.2 Å². The zero-order valence-corrected chi connectivity index (χ0v) is 27.4. The van der Waals surface area contributed by atoms with Gasteiger partial charge in [0, 0.05) is 61.9 Å². The Hall–Kier alpha value is -5.65. The smallest absolute Gasteiger partial charge is 0.410 e. The number of amides is 2. The van der Waals surface area contributed by atoms with Crippen molar-refractivity contribution in [1.82, 2.24) is 24.6 Å². The average Bonchev–Trinajstić information content (AvgIpc) is 3.48. The quantitative estimate of drug-likeness (QED) is 0.227. The molecule has 1 aliphatic heterocycles. The molecule has 2 aromatic heterocycles. The number of hydrogen-bond acceptors (Lipinski definition) is 8. The van der Waals surface area contributed by atoms with E-state index < -0.39 is 17.3 Å². The first kappa shape index (κ1) is 32.3. The molecule has 11 nitrogen and oxygen atoms in total. The van der Waals surface area contributed by atoms with Gasteiger partial charge in [-0.1, -0.05) is 24.3 Å². The lowest BCUT2D eigenvalue weighted by Gasteiger charge is -2.36. The molecule has 6 rings (SSSR count). The number of anilines is 2. The molecule has 0 aliphatic carbocycles. The molecule has 1 aliphatic rings. The van der Waals surface area contributed by atoms with Crippen molar-refractivity contribution in [1.29, 1.82) is 0 Å². The molecular weight excluding hydrogens is 613 g/mol. The third kappa shape index (κ3) is 6.87. The van der Waals surface area contributed by atoms with E-state index in [1.165, 1.54) is 19.2 Å². The molecule has 2 amide bonds. The first-order valence-electron chi connectivity index (χ1n) is 15.7. The maximum atomic E-state index is 13.8. The second-order valence-electron chi connectivity index (χ2n) is 12.5. The number of nitrogens with two attached hydrogens (primary N) is 1. The number of nitrogens with one attached hydrogen (secondary N) is 1. The minimum atomic E-state index is -0.522. The van der Waals surface area contributed by atoms with Crippen LogP contribution in [0, 0.1) is 5.82 Å². The first-order chi connectivity index (χ1) is 23.0. The van der Waals surface area contributed by atoms with Crippen LogP contribution >= 0.6 is 0 Å². The number of piperazine rings is 1. The molecule has 48 heavy (non-hydrogen) atoms. The Bertz CT molecular complexity index is 1940. The molecule has 1 saturated heterocycles. The van der Waals surface area contributed by atoms with Crippen LogP contribution < -0.4 is 20.7 Å². The van der Waals surface area contributed by atoms with Crippen molar-refractivity contribution in [3.8, 4) is 28.4 Å². The van der Waals surface area contributed by atoms with Gasteiger partial charge in [-0.25, -0.2) is 19.2 Å². The standard InChI is InChI=1S/C36H38FN7O4/c1-36(2,3)48-35(46)43-19-17-42(18-20-43)27-12-9-25(10-13-27)33-41-30(31-32(38)39-15-16-44(31)33)24-7-5-23(6-8-24)22-40-34(45)28-21-26(37)11-14-29(28)47-4/h5-16,21H,17-20,22H2,1-4H3,(H2,38,39)(H,40,45). The van der Waals surface area contributed by atoms with Crippen LogP contribution in [0.4, 0.5) is 20.7 Å². The van der Waals surface area contributed by atoms with Crippen molar-refractivity contribution >= 4 is 29.0 Å². The van der Waals surface area contributed by atoms with Gasteiger partial charge in [0.1, 0.15) is 40.0 Å². The minimum absolute atomic E-state index is 0.128. The summed E-state index contributed by atoms with van der Waals surface area (Å²) in [5, 5.41) is 2.82. The second kappa shape index (κ2) is 13.2. The summed E-state index contributed by atoms with van der Waals surface area (Å²) < 4.78 is 26.4. The molecule has 0 spiro atoms. The number of ether oxygens (including phenoxy) is 2. The van der Waals surface area contributed by atoms with Crippen LogP contribution in [-0.2, 0) is 11.3 Å². The lowest BCUT2D eigenvalue weighted by molar-refractivity contribution is 0.0240. The Morgan fingerprint density at radius 1 is 0.958 bits per heavy atom. The van der Waals surface area contributed by atoms with E-state index in [0.717, 1.165) is 34.3 Å². The molecule has 5 aromatic rings. The minimum Gasteiger partial charge on any atom is -0.496 e. The van der Waals surface area contributed by atoms with Gasteiger partial charge in [0.2, 0.25) is 0 Å². The first-order valence-corrected chi connectivity index (χ1v) is 15.7. The summed E-state index contributed by atoms with van der Waals surface area (Å²) in [5.74, 6) is 0.414. The molecule has 0 radical (unpaired) electrons. The normalized spacial score (nSPS) is 13.4. The van der Waals surface area contributed by atoms with Crippen molar-refractivity contribution < 1.29 is 23.5 Å². The number of fused-ring (bicyclic) bond motifs is 1. The lowest BCUT2D eigenvalue weighted by Crippen LogP contribution is -2.50. The van der Waals surface area contributed by atoms with Crippen molar-refractivity contribution in [2.45, 2.75) is 32.9 Å². The maximum absolute atomic E-state index is 13.8. The van der Waals surface area contributed by atoms with Crippen LogP contribution in [-0.4, -0.2) is 70.2 Å².